The minimum atomic E-state index is -0.375. The molecule has 1 saturated heterocycles. The van der Waals surface area contributed by atoms with Gasteiger partial charge in [-0.05, 0) is 36.1 Å². The van der Waals surface area contributed by atoms with Crippen LogP contribution in [0, 0.1) is 6.92 Å². The Bertz CT molecular complexity index is 970. The maximum Gasteiger partial charge on any atom is 0.325 e. The number of carbonyl (C=O) groups is 1. The van der Waals surface area contributed by atoms with Gasteiger partial charge in [-0.3, -0.25) is 9.69 Å². The molecule has 7 nitrogen and oxygen atoms in total. The Morgan fingerprint density at radius 2 is 2.16 bits per heavy atom. The molecule has 1 unspecified atom stereocenters. The molecular formula is C23H26N2O5S. The van der Waals surface area contributed by atoms with Crippen LogP contribution in [0.3, 0.4) is 0 Å². The molecule has 0 spiro atoms. The molecule has 0 aliphatic carbocycles. The number of oxazole rings is 1. The van der Waals surface area contributed by atoms with Crippen LogP contribution >= 0.6 is 11.3 Å². The number of morpholine rings is 1. The van der Waals surface area contributed by atoms with E-state index in [1.54, 1.807) is 11.3 Å². The molecule has 164 valence electrons. The van der Waals surface area contributed by atoms with Crippen molar-refractivity contribution in [2.75, 3.05) is 26.9 Å². The van der Waals surface area contributed by atoms with Crippen LogP contribution in [-0.2, 0) is 27.2 Å². The zero-order valence-electron chi connectivity index (χ0n) is 17.7. The van der Waals surface area contributed by atoms with Crippen molar-refractivity contribution in [1.29, 1.82) is 0 Å². The molecule has 3 aromatic rings. The predicted molar refractivity (Wildman–Crippen MR) is 116 cm³/mol. The fourth-order valence-corrected chi connectivity index (χ4v) is 4.42. The number of esters is 1. The summed E-state index contributed by atoms with van der Waals surface area (Å²) in [5.41, 5.74) is 1.90. The monoisotopic (exact) mass is 442 g/mol. The van der Waals surface area contributed by atoms with E-state index in [2.05, 4.69) is 21.3 Å². The summed E-state index contributed by atoms with van der Waals surface area (Å²) in [5.74, 6) is 1.26. The summed E-state index contributed by atoms with van der Waals surface area (Å²) in [6, 6.07) is 11.7. The predicted octanol–water partition coefficient (Wildman–Crippen LogP) is 3.78. The molecule has 0 amide bonds. The molecule has 0 saturated carbocycles. The second kappa shape index (κ2) is 10.1. The van der Waals surface area contributed by atoms with Gasteiger partial charge in [-0.1, -0.05) is 18.2 Å². The number of rotatable bonds is 8. The Balaban J connectivity index is 1.45. The van der Waals surface area contributed by atoms with Crippen molar-refractivity contribution >= 4 is 17.3 Å². The molecule has 0 bridgehead atoms. The number of hydrogen-bond donors (Lipinski definition) is 0. The number of hydrogen-bond acceptors (Lipinski definition) is 8. The Kier molecular flexibility index (Phi) is 7.01. The van der Waals surface area contributed by atoms with Crippen LogP contribution in [0.5, 0.6) is 5.75 Å². The van der Waals surface area contributed by atoms with Gasteiger partial charge in [0, 0.05) is 24.4 Å². The Morgan fingerprint density at radius 3 is 2.84 bits per heavy atom. The molecule has 4 rings (SSSR count). The Labute approximate surface area is 185 Å². The lowest BCUT2D eigenvalue weighted by Crippen LogP contribution is -2.49. The van der Waals surface area contributed by atoms with Crippen molar-refractivity contribution in [1.82, 2.24) is 9.88 Å². The van der Waals surface area contributed by atoms with E-state index in [9.17, 15) is 4.79 Å². The van der Waals surface area contributed by atoms with Gasteiger partial charge < -0.3 is 18.6 Å². The van der Waals surface area contributed by atoms with Gasteiger partial charge in [-0.25, -0.2) is 4.98 Å². The van der Waals surface area contributed by atoms with Crippen molar-refractivity contribution in [3.05, 3.63) is 70.1 Å². The third kappa shape index (κ3) is 5.33. The molecule has 8 heteroatoms. The van der Waals surface area contributed by atoms with Gasteiger partial charge in [-0.15, -0.1) is 11.3 Å². The van der Waals surface area contributed by atoms with Crippen molar-refractivity contribution in [2.45, 2.75) is 32.0 Å². The zero-order chi connectivity index (χ0) is 21.6. The maximum atomic E-state index is 12.0. The number of carbonyl (C=O) groups excluding carboxylic acids is 1. The number of benzene rings is 1. The molecule has 0 radical (unpaired) electrons. The van der Waals surface area contributed by atoms with Crippen LogP contribution < -0.4 is 4.74 Å². The number of aromatic nitrogens is 1. The highest BCUT2D eigenvalue weighted by atomic mass is 32.1. The SMILES string of the molecule is COC(=O)[C@@H]1COCCN1Cc1ccc(OC(Cc2cccs2)c2ncoc2C)cc1. The van der Waals surface area contributed by atoms with Gasteiger partial charge in [0.05, 0.1) is 20.3 Å². The van der Waals surface area contributed by atoms with E-state index >= 15 is 0 Å². The van der Waals surface area contributed by atoms with E-state index < -0.39 is 0 Å². The third-order valence-electron chi connectivity index (χ3n) is 5.35. The molecule has 1 aliphatic heterocycles. The normalized spacial score (nSPS) is 17.9. The second-order valence-corrected chi connectivity index (χ2v) is 8.44. The lowest BCUT2D eigenvalue weighted by Gasteiger charge is -2.33. The van der Waals surface area contributed by atoms with E-state index in [0.717, 1.165) is 29.2 Å². The van der Waals surface area contributed by atoms with Gasteiger partial charge in [0.15, 0.2) is 6.39 Å². The highest BCUT2D eigenvalue weighted by Gasteiger charge is 2.30. The number of thiophene rings is 1. The molecular weight excluding hydrogens is 416 g/mol. The summed E-state index contributed by atoms with van der Waals surface area (Å²) in [6.07, 6.45) is 1.95. The summed E-state index contributed by atoms with van der Waals surface area (Å²) < 4.78 is 22.1. The van der Waals surface area contributed by atoms with Crippen LogP contribution in [-0.4, -0.2) is 48.8 Å². The van der Waals surface area contributed by atoms with Gasteiger partial charge >= 0.3 is 5.97 Å². The topological polar surface area (TPSA) is 74.0 Å². The Hall–Kier alpha value is -2.68. The van der Waals surface area contributed by atoms with Gasteiger partial charge in [0.2, 0.25) is 0 Å². The van der Waals surface area contributed by atoms with E-state index in [4.69, 9.17) is 18.6 Å². The van der Waals surface area contributed by atoms with E-state index in [1.807, 2.05) is 37.3 Å². The first-order valence-corrected chi connectivity index (χ1v) is 11.1. The fourth-order valence-electron chi connectivity index (χ4n) is 3.68. The molecule has 2 atom stereocenters. The minimum absolute atomic E-state index is 0.230. The third-order valence-corrected chi connectivity index (χ3v) is 6.25. The number of methoxy groups -OCH3 is 1. The maximum absolute atomic E-state index is 12.0. The highest BCUT2D eigenvalue weighted by Crippen LogP contribution is 2.28. The molecule has 0 N–H and O–H groups in total. The summed E-state index contributed by atoms with van der Waals surface area (Å²) in [7, 11) is 1.41. The summed E-state index contributed by atoms with van der Waals surface area (Å²) in [5, 5.41) is 2.06. The summed E-state index contributed by atoms with van der Waals surface area (Å²) >= 11 is 1.70. The highest BCUT2D eigenvalue weighted by molar-refractivity contribution is 7.09. The fraction of sp³-hybridized carbons (Fsp3) is 0.391. The molecule has 1 aliphatic rings. The van der Waals surface area contributed by atoms with Crippen molar-refractivity contribution in [2.24, 2.45) is 0 Å². The van der Waals surface area contributed by atoms with Crippen LogP contribution in [0.1, 0.15) is 28.0 Å². The second-order valence-electron chi connectivity index (χ2n) is 7.41. The number of ether oxygens (including phenoxy) is 3. The van der Waals surface area contributed by atoms with E-state index in [0.29, 0.717) is 26.3 Å². The van der Waals surface area contributed by atoms with Crippen LogP contribution in [0.25, 0.3) is 0 Å². The van der Waals surface area contributed by atoms with Crippen molar-refractivity contribution < 1.29 is 23.4 Å². The summed E-state index contributed by atoms with van der Waals surface area (Å²) in [6.45, 7) is 4.19. The number of aryl methyl sites for hydroxylation is 1. The molecule has 1 aromatic carbocycles. The first-order valence-electron chi connectivity index (χ1n) is 10.2. The van der Waals surface area contributed by atoms with Crippen LogP contribution in [0.2, 0.25) is 0 Å². The minimum Gasteiger partial charge on any atom is -0.484 e. The average Bonchev–Trinajstić information content (AvgIpc) is 3.46. The molecule has 3 heterocycles. The van der Waals surface area contributed by atoms with E-state index in [1.165, 1.54) is 18.4 Å². The summed E-state index contributed by atoms with van der Waals surface area (Å²) in [4.78, 5) is 19.7. The Morgan fingerprint density at radius 1 is 1.32 bits per heavy atom. The largest absolute Gasteiger partial charge is 0.484 e. The molecule has 1 fully saturated rings. The molecule has 31 heavy (non-hydrogen) atoms. The van der Waals surface area contributed by atoms with E-state index in [-0.39, 0.29) is 18.1 Å². The number of nitrogens with zero attached hydrogens (tertiary/aromatic N) is 2. The molecule has 2 aromatic heterocycles. The van der Waals surface area contributed by atoms with Crippen molar-refractivity contribution in [3.8, 4) is 5.75 Å². The first kappa shape index (κ1) is 21.5. The zero-order valence-corrected chi connectivity index (χ0v) is 18.5. The standard InChI is InChI=1S/C23H26N2O5S/c1-16-22(24-15-29-16)21(12-19-4-3-11-31-19)30-18-7-5-17(6-8-18)13-25-9-10-28-14-20(25)23(26)27-2/h3-8,11,15,20-21H,9-10,12-14H2,1-2H3/t20-,21?/m0/s1. The van der Waals surface area contributed by atoms with Crippen molar-refractivity contribution in [3.63, 3.8) is 0 Å². The smallest absolute Gasteiger partial charge is 0.325 e. The van der Waals surface area contributed by atoms with Crippen LogP contribution in [0.4, 0.5) is 0 Å². The van der Waals surface area contributed by atoms with Gasteiger partial charge in [0.1, 0.15) is 29.3 Å². The lowest BCUT2D eigenvalue weighted by molar-refractivity contribution is -0.153. The quantitative estimate of drug-likeness (QED) is 0.492. The first-order chi connectivity index (χ1) is 15.1. The average molecular weight is 443 g/mol. The van der Waals surface area contributed by atoms with Crippen LogP contribution in [0.15, 0.2) is 52.6 Å². The lowest BCUT2D eigenvalue weighted by atomic mass is 10.1. The van der Waals surface area contributed by atoms with Gasteiger partial charge in [0.25, 0.3) is 0 Å². The van der Waals surface area contributed by atoms with Gasteiger partial charge in [-0.2, -0.15) is 0 Å².